The summed E-state index contributed by atoms with van der Waals surface area (Å²) in [4.78, 5) is 16.7. The molecule has 0 radical (unpaired) electrons. The highest BCUT2D eigenvalue weighted by Crippen LogP contribution is 2.27. The minimum absolute atomic E-state index is 0.111. The number of hydrogen-bond acceptors (Lipinski definition) is 3. The Morgan fingerprint density at radius 3 is 2.84 bits per heavy atom. The van der Waals surface area contributed by atoms with Crippen molar-refractivity contribution in [3.63, 3.8) is 0 Å². The van der Waals surface area contributed by atoms with Crippen molar-refractivity contribution in [1.29, 1.82) is 0 Å². The van der Waals surface area contributed by atoms with E-state index in [2.05, 4.69) is 27.8 Å². The summed E-state index contributed by atoms with van der Waals surface area (Å²) in [6, 6.07) is 7.94. The van der Waals surface area contributed by atoms with Crippen molar-refractivity contribution >= 4 is 27.5 Å². The van der Waals surface area contributed by atoms with E-state index in [1.165, 1.54) is 0 Å². The van der Waals surface area contributed by atoms with Crippen molar-refractivity contribution in [2.24, 2.45) is 5.73 Å². The number of likely N-dealkylation sites (N-methyl/N-ethyl adjacent to an activating group) is 1. The molecule has 1 heterocycles. The summed E-state index contributed by atoms with van der Waals surface area (Å²) in [7, 11) is 1.99. The minimum atomic E-state index is -0.111. The molecule has 0 aromatic heterocycles. The summed E-state index contributed by atoms with van der Waals surface area (Å²) in [5.74, 6) is 0.143. The lowest BCUT2D eigenvalue weighted by Crippen LogP contribution is -2.60. The van der Waals surface area contributed by atoms with Gasteiger partial charge in [0, 0.05) is 22.7 Å². The van der Waals surface area contributed by atoms with Crippen LogP contribution in [0.2, 0.25) is 0 Å². The number of halogens is 1. The van der Waals surface area contributed by atoms with Gasteiger partial charge >= 0.3 is 0 Å². The van der Waals surface area contributed by atoms with Crippen molar-refractivity contribution in [1.82, 2.24) is 4.90 Å². The molecule has 2 atom stereocenters. The SMILES string of the molecule is CC1CN(C)C(CCN)C(=O)N1c1cccc(Br)c1. The van der Waals surface area contributed by atoms with E-state index in [1.807, 2.05) is 36.2 Å². The summed E-state index contributed by atoms with van der Waals surface area (Å²) in [5.41, 5.74) is 6.57. The van der Waals surface area contributed by atoms with Crippen molar-refractivity contribution < 1.29 is 4.79 Å². The van der Waals surface area contributed by atoms with Gasteiger partial charge in [0.1, 0.15) is 0 Å². The average molecular weight is 326 g/mol. The molecular formula is C14H20BrN3O. The van der Waals surface area contributed by atoms with E-state index in [9.17, 15) is 4.79 Å². The Hall–Kier alpha value is -0.910. The third-order valence-electron chi connectivity index (χ3n) is 3.57. The normalized spacial score (nSPS) is 24.8. The third kappa shape index (κ3) is 2.99. The highest BCUT2D eigenvalue weighted by Gasteiger charge is 2.36. The van der Waals surface area contributed by atoms with Gasteiger partial charge in [-0.2, -0.15) is 0 Å². The third-order valence-corrected chi connectivity index (χ3v) is 4.07. The van der Waals surface area contributed by atoms with Crippen LogP contribution >= 0.6 is 15.9 Å². The summed E-state index contributed by atoms with van der Waals surface area (Å²) in [5, 5.41) is 0. The minimum Gasteiger partial charge on any atom is -0.330 e. The first-order valence-corrected chi connectivity index (χ1v) is 7.33. The number of carbonyl (C=O) groups is 1. The Kier molecular flexibility index (Phi) is 4.60. The highest BCUT2D eigenvalue weighted by atomic mass is 79.9. The van der Waals surface area contributed by atoms with Crippen LogP contribution in [0.4, 0.5) is 5.69 Å². The van der Waals surface area contributed by atoms with E-state index in [4.69, 9.17) is 5.73 Å². The van der Waals surface area contributed by atoms with Crippen LogP contribution in [-0.2, 0) is 4.79 Å². The number of rotatable bonds is 3. The van der Waals surface area contributed by atoms with Gasteiger partial charge in [0.05, 0.1) is 6.04 Å². The fourth-order valence-electron chi connectivity index (χ4n) is 2.70. The molecule has 5 heteroatoms. The molecule has 2 rings (SSSR count). The van der Waals surface area contributed by atoms with Crippen LogP contribution < -0.4 is 10.6 Å². The van der Waals surface area contributed by atoms with Gasteiger partial charge in [-0.1, -0.05) is 22.0 Å². The second-order valence-electron chi connectivity index (χ2n) is 5.07. The number of anilines is 1. The lowest BCUT2D eigenvalue weighted by Gasteiger charge is -2.43. The Bertz CT molecular complexity index is 466. The van der Waals surface area contributed by atoms with Crippen LogP contribution in [0, 0.1) is 0 Å². The summed E-state index contributed by atoms with van der Waals surface area (Å²) in [6.45, 7) is 3.47. The molecule has 0 aliphatic carbocycles. The maximum Gasteiger partial charge on any atom is 0.244 e. The number of nitrogens with zero attached hydrogens (tertiary/aromatic N) is 2. The first kappa shape index (κ1) is 14.5. The van der Waals surface area contributed by atoms with E-state index >= 15 is 0 Å². The molecule has 104 valence electrons. The van der Waals surface area contributed by atoms with E-state index < -0.39 is 0 Å². The van der Waals surface area contributed by atoms with Gasteiger partial charge in [0.2, 0.25) is 5.91 Å². The first-order valence-electron chi connectivity index (χ1n) is 6.53. The van der Waals surface area contributed by atoms with Crippen LogP contribution in [0.25, 0.3) is 0 Å². The molecule has 1 aliphatic rings. The molecule has 1 aromatic carbocycles. The fraction of sp³-hybridized carbons (Fsp3) is 0.500. The molecule has 4 nitrogen and oxygen atoms in total. The number of carbonyl (C=O) groups excluding carboxylic acids is 1. The molecule has 0 bridgehead atoms. The quantitative estimate of drug-likeness (QED) is 0.922. The zero-order valence-electron chi connectivity index (χ0n) is 11.3. The molecular weight excluding hydrogens is 306 g/mol. The van der Waals surface area contributed by atoms with Gasteiger partial charge in [-0.15, -0.1) is 0 Å². The molecule has 0 saturated carbocycles. The van der Waals surface area contributed by atoms with Gasteiger partial charge in [0.25, 0.3) is 0 Å². The lowest BCUT2D eigenvalue weighted by molar-refractivity contribution is -0.126. The molecule has 1 aliphatic heterocycles. The lowest BCUT2D eigenvalue weighted by atomic mass is 10.0. The van der Waals surface area contributed by atoms with Gasteiger partial charge in [-0.05, 0) is 45.1 Å². The van der Waals surface area contributed by atoms with Gasteiger partial charge in [-0.3, -0.25) is 9.69 Å². The van der Waals surface area contributed by atoms with Crippen LogP contribution in [-0.4, -0.2) is 43.0 Å². The van der Waals surface area contributed by atoms with E-state index in [0.29, 0.717) is 13.0 Å². The van der Waals surface area contributed by atoms with Gasteiger partial charge < -0.3 is 10.6 Å². The standard InChI is InChI=1S/C14H20BrN3O/c1-10-9-17(2)13(6-7-16)14(19)18(10)12-5-3-4-11(15)8-12/h3-5,8,10,13H,6-7,9,16H2,1-2H3. The molecule has 1 fully saturated rings. The summed E-state index contributed by atoms with van der Waals surface area (Å²) < 4.78 is 0.985. The van der Waals surface area contributed by atoms with Gasteiger partial charge in [0.15, 0.2) is 0 Å². The largest absolute Gasteiger partial charge is 0.330 e. The highest BCUT2D eigenvalue weighted by molar-refractivity contribution is 9.10. The zero-order valence-corrected chi connectivity index (χ0v) is 12.9. The molecule has 19 heavy (non-hydrogen) atoms. The number of benzene rings is 1. The molecule has 1 amide bonds. The number of amides is 1. The zero-order chi connectivity index (χ0) is 14.0. The van der Waals surface area contributed by atoms with Gasteiger partial charge in [-0.25, -0.2) is 0 Å². The Morgan fingerprint density at radius 2 is 2.21 bits per heavy atom. The monoisotopic (exact) mass is 325 g/mol. The molecule has 1 aromatic rings. The Balaban J connectivity index is 2.30. The average Bonchev–Trinajstić information content (AvgIpc) is 2.34. The topological polar surface area (TPSA) is 49.6 Å². The fourth-order valence-corrected chi connectivity index (χ4v) is 3.09. The van der Waals surface area contributed by atoms with Crippen molar-refractivity contribution in [3.8, 4) is 0 Å². The number of hydrogen-bond donors (Lipinski definition) is 1. The second-order valence-corrected chi connectivity index (χ2v) is 5.99. The van der Waals surface area contributed by atoms with Crippen LogP contribution in [0.15, 0.2) is 28.7 Å². The smallest absolute Gasteiger partial charge is 0.244 e. The van der Waals surface area contributed by atoms with E-state index in [1.54, 1.807) is 0 Å². The first-order chi connectivity index (χ1) is 9.04. The predicted molar refractivity (Wildman–Crippen MR) is 81.2 cm³/mol. The molecule has 2 unspecified atom stereocenters. The summed E-state index contributed by atoms with van der Waals surface area (Å²) >= 11 is 3.46. The van der Waals surface area contributed by atoms with Crippen LogP contribution in [0.1, 0.15) is 13.3 Å². The molecule has 2 N–H and O–H groups in total. The molecule has 0 spiro atoms. The van der Waals surface area contributed by atoms with Crippen molar-refractivity contribution in [3.05, 3.63) is 28.7 Å². The van der Waals surface area contributed by atoms with Crippen molar-refractivity contribution in [2.45, 2.75) is 25.4 Å². The number of nitrogens with two attached hydrogens (primary N) is 1. The Labute approximate surface area is 122 Å². The maximum absolute atomic E-state index is 12.7. The predicted octanol–water partition coefficient (Wildman–Crippen LogP) is 1.83. The molecule has 1 saturated heterocycles. The van der Waals surface area contributed by atoms with E-state index in [-0.39, 0.29) is 18.0 Å². The second kappa shape index (κ2) is 6.03. The summed E-state index contributed by atoms with van der Waals surface area (Å²) in [6.07, 6.45) is 0.701. The van der Waals surface area contributed by atoms with Crippen LogP contribution in [0.5, 0.6) is 0 Å². The van der Waals surface area contributed by atoms with Crippen molar-refractivity contribution in [2.75, 3.05) is 25.0 Å². The van der Waals surface area contributed by atoms with Crippen LogP contribution in [0.3, 0.4) is 0 Å². The maximum atomic E-state index is 12.7. The van der Waals surface area contributed by atoms with E-state index in [0.717, 1.165) is 16.7 Å². The Morgan fingerprint density at radius 1 is 1.47 bits per heavy atom. The number of piperazine rings is 1.